The molecule has 2 aromatic carbocycles. The zero-order chi connectivity index (χ0) is 19.7. The van der Waals surface area contributed by atoms with Gasteiger partial charge in [-0.3, -0.25) is 4.79 Å². The topological polar surface area (TPSA) is 98.5 Å². The monoisotopic (exact) mass is 388 g/mol. The van der Waals surface area contributed by atoms with Crippen LogP contribution in [0.25, 0.3) is 6.08 Å². The first-order valence-corrected chi connectivity index (χ1v) is 10.2. The van der Waals surface area contributed by atoms with Crippen molar-refractivity contribution < 1.29 is 17.9 Å². The minimum absolute atomic E-state index is 0.0735. The van der Waals surface area contributed by atoms with Crippen LogP contribution >= 0.6 is 0 Å². The summed E-state index contributed by atoms with van der Waals surface area (Å²) in [5, 5.41) is 7.85. The molecule has 0 saturated carbocycles. The quantitative estimate of drug-likeness (QED) is 0.645. The maximum absolute atomic E-state index is 11.9. The van der Waals surface area contributed by atoms with Crippen LogP contribution in [0.4, 0.5) is 0 Å². The van der Waals surface area contributed by atoms with E-state index in [1.54, 1.807) is 18.2 Å². The van der Waals surface area contributed by atoms with E-state index in [-0.39, 0.29) is 10.8 Å². The zero-order valence-corrected chi connectivity index (χ0v) is 16.0. The molecule has 0 fully saturated rings. The molecular weight excluding hydrogens is 364 g/mol. The minimum Gasteiger partial charge on any atom is -0.494 e. The highest BCUT2D eigenvalue weighted by molar-refractivity contribution is 7.89. The van der Waals surface area contributed by atoms with Crippen LogP contribution in [-0.2, 0) is 21.2 Å². The van der Waals surface area contributed by atoms with Crippen molar-refractivity contribution in [2.75, 3.05) is 13.2 Å². The molecule has 0 aliphatic carbocycles. The number of hydrogen-bond donors (Lipinski definition) is 2. The van der Waals surface area contributed by atoms with Gasteiger partial charge < -0.3 is 10.1 Å². The van der Waals surface area contributed by atoms with Crippen molar-refractivity contribution in [2.45, 2.75) is 24.7 Å². The van der Waals surface area contributed by atoms with E-state index in [1.165, 1.54) is 18.2 Å². The number of rotatable bonds is 9. The van der Waals surface area contributed by atoms with E-state index in [1.807, 2.05) is 24.3 Å². The number of benzene rings is 2. The molecule has 0 aromatic heterocycles. The number of nitrogens with two attached hydrogens (primary N) is 1. The predicted molar refractivity (Wildman–Crippen MR) is 106 cm³/mol. The first-order valence-electron chi connectivity index (χ1n) is 8.69. The van der Waals surface area contributed by atoms with Gasteiger partial charge in [-0.1, -0.05) is 31.2 Å². The van der Waals surface area contributed by atoms with Crippen LogP contribution in [0.1, 0.15) is 24.5 Å². The summed E-state index contributed by atoms with van der Waals surface area (Å²) in [6, 6.07) is 13.8. The second-order valence-electron chi connectivity index (χ2n) is 5.98. The Bertz CT molecular complexity index is 873. The number of nitrogens with one attached hydrogen (secondary N) is 1. The molecule has 0 bridgehead atoms. The maximum atomic E-state index is 11.9. The highest BCUT2D eigenvalue weighted by atomic mass is 32.2. The average Bonchev–Trinajstić information content (AvgIpc) is 2.65. The molecular formula is C20H24N2O4S. The van der Waals surface area contributed by atoms with Crippen LogP contribution in [0.5, 0.6) is 5.75 Å². The van der Waals surface area contributed by atoms with E-state index < -0.39 is 10.0 Å². The molecule has 6 nitrogen and oxygen atoms in total. The lowest BCUT2D eigenvalue weighted by Crippen LogP contribution is -2.23. The number of carbonyl (C=O) groups is 1. The molecule has 3 N–H and O–H groups in total. The van der Waals surface area contributed by atoms with Crippen LogP contribution < -0.4 is 15.2 Å². The van der Waals surface area contributed by atoms with Crippen molar-refractivity contribution in [2.24, 2.45) is 5.14 Å². The smallest absolute Gasteiger partial charge is 0.244 e. The van der Waals surface area contributed by atoms with Gasteiger partial charge in [0.1, 0.15) is 5.75 Å². The number of carbonyl (C=O) groups excluding carboxylic acids is 1. The first kappa shape index (κ1) is 20.7. The summed E-state index contributed by atoms with van der Waals surface area (Å²) in [7, 11) is -3.68. The fourth-order valence-electron chi connectivity index (χ4n) is 2.30. The number of amides is 1. The highest BCUT2D eigenvalue weighted by Gasteiger charge is 2.06. The molecule has 2 aromatic rings. The summed E-state index contributed by atoms with van der Waals surface area (Å²) >= 11 is 0. The second-order valence-corrected chi connectivity index (χ2v) is 7.54. The van der Waals surface area contributed by atoms with Crippen LogP contribution in [0.15, 0.2) is 59.5 Å². The van der Waals surface area contributed by atoms with E-state index in [2.05, 4.69) is 12.2 Å². The Labute approximate surface area is 160 Å². The fourth-order valence-corrected chi connectivity index (χ4v) is 2.82. The molecule has 0 aliphatic rings. The molecule has 0 radical (unpaired) electrons. The van der Waals surface area contributed by atoms with Crippen LogP contribution in [0.2, 0.25) is 0 Å². The molecule has 2 rings (SSSR count). The summed E-state index contributed by atoms with van der Waals surface area (Å²) in [5.74, 6) is 0.620. The Morgan fingerprint density at radius 2 is 1.78 bits per heavy atom. The molecule has 0 unspecified atom stereocenters. The predicted octanol–water partition coefficient (Wildman–Crippen LogP) is 2.49. The van der Waals surface area contributed by atoms with Crippen molar-refractivity contribution >= 4 is 22.0 Å². The van der Waals surface area contributed by atoms with Crippen molar-refractivity contribution in [3.63, 3.8) is 0 Å². The van der Waals surface area contributed by atoms with Gasteiger partial charge in [-0.25, -0.2) is 13.6 Å². The summed E-state index contributed by atoms with van der Waals surface area (Å²) in [6.45, 7) is 3.18. The number of primary sulfonamides is 1. The Morgan fingerprint density at radius 3 is 2.37 bits per heavy atom. The van der Waals surface area contributed by atoms with E-state index in [0.29, 0.717) is 19.6 Å². The number of hydrogen-bond acceptors (Lipinski definition) is 4. The van der Waals surface area contributed by atoms with E-state index in [9.17, 15) is 13.2 Å². The third-order valence-electron chi connectivity index (χ3n) is 3.74. The highest BCUT2D eigenvalue weighted by Crippen LogP contribution is 2.13. The number of sulfonamides is 1. The van der Waals surface area contributed by atoms with Crippen LogP contribution in [0.3, 0.4) is 0 Å². The van der Waals surface area contributed by atoms with E-state index >= 15 is 0 Å². The van der Waals surface area contributed by atoms with Gasteiger partial charge in [-0.05, 0) is 54.3 Å². The van der Waals surface area contributed by atoms with Crippen LogP contribution in [-0.4, -0.2) is 27.5 Å². The Morgan fingerprint density at radius 1 is 1.11 bits per heavy atom. The van der Waals surface area contributed by atoms with Crippen molar-refractivity contribution in [3.8, 4) is 5.75 Å². The van der Waals surface area contributed by atoms with Gasteiger partial charge in [0.2, 0.25) is 15.9 Å². The van der Waals surface area contributed by atoms with Crippen molar-refractivity contribution in [1.29, 1.82) is 0 Å². The first-order chi connectivity index (χ1) is 12.9. The van der Waals surface area contributed by atoms with Gasteiger partial charge in [-0.15, -0.1) is 0 Å². The third-order valence-corrected chi connectivity index (χ3v) is 4.67. The molecule has 7 heteroatoms. The third kappa shape index (κ3) is 7.24. The van der Waals surface area contributed by atoms with Gasteiger partial charge in [0, 0.05) is 12.6 Å². The summed E-state index contributed by atoms with van der Waals surface area (Å²) in [5.41, 5.74) is 1.82. The van der Waals surface area contributed by atoms with E-state index in [4.69, 9.17) is 9.88 Å². The summed E-state index contributed by atoms with van der Waals surface area (Å²) in [6.07, 6.45) is 4.76. The molecule has 0 saturated heterocycles. The molecule has 0 aliphatic heterocycles. The van der Waals surface area contributed by atoms with Crippen LogP contribution in [0, 0.1) is 0 Å². The minimum atomic E-state index is -3.68. The molecule has 0 heterocycles. The van der Waals surface area contributed by atoms with Crippen molar-refractivity contribution in [3.05, 3.63) is 65.7 Å². The molecule has 27 heavy (non-hydrogen) atoms. The van der Waals surface area contributed by atoms with Gasteiger partial charge in [0.25, 0.3) is 0 Å². The molecule has 0 spiro atoms. The fraction of sp³-hybridized carbons (Fsp3) is 0.250. The molecule has 0 atom stereocenters. The number of ether oxygens (including phenoxy) is 1. The van der Waals surface area contributed by atoms with Gasteiger partial charge in [-0.2, -0.15) is 0 Å². The Balaban J connectivity index is 1.78. The van der Waals surface area contributed by atoms with E-state index in [0.717, 1.165) is 23.3 Å². The molecule has 1 amide bonds. The summed E-state index contributed by atoms with van der Waals surface area (Å²) in [4.78, 5) is 12.0. The summed E-state index contributed by atoms with van der Waals surface area (Å²) < 4.78 is 27.9. The van der Waals surface area contributed by atoms with Gasteiger partial charge in [0.05, 0.1) is 11.5 Å². The maximum Gasteiger partial charge on any atom is 0.244 e. The SMILES string of the molecule is CCCOc1ccc(/C=C/C(=O)NCCc2ccc(S(N)(=O)=O)cc2)cc1. The standard InChI is InChI=1S/C20H24N2O4S/c1-2-15-26-18-8-3-16(4-9-18)7-12-20(23)22-14-13-17-5-10-19(11-6-17)27(21,24)25/h3-12H,2,13-15H2,1H3,(H,22,23)(H2,21,24,25)/b12-7+. The van der Waals surface area contributed by atoms with Gasteiger partial charge in [0.15, 0.2) is 0 Å². The van der Waals surface area contributed by atoms with Gasteiger partial charge >= 0.3 is 0 Å². The van der Waals surface area contributed by atoms with Crippen molar-refractivity contribution in [1.82, 2.24) is 5.32 Å². The largest absolute Gasteiger partial charge is 0.494 e. The lowest BCUT2D eigenvalue weighted by molar-refractivity contribution is -0.116. The Hall–Kier alpha value is -2.64. The second kappa shape index (κ2) is 9.89. The normalized spacial score (nSPS) is 11.5. The molecule has 144 valence electrons. The zero-order valence-electron chi connectivity index (χ0n) is 15.2. The lowest BCUT2D eigenvalue weighted by Gasteiger charge is -2.05. The Kier molecular flexibility index (Phi) is 7.57. The lowest BCUT2D eigenvalue weighted by atomic mass is 10.1. The average molecular weight is 388 g/mol.